The quantitative estimate of drug-likeness (QED) is 0.175. The van der Waals surface area contributed by atoms with E-state index in [0.29, 0.717) is 0 Å². The lowest BCUT2D eigenvalue weighted by Crippen LogP contribution is -2.26. The van der Waals surface area contributed by atoms with Gasteiger partial charge in [0.05, 0.1) is 5.41 Å². The van der Waals surface area contributed by atoms with Crippen LogP contribution in [0.1, 0.15) is 47.2 Å². The topological polar surface area (TPSA) is 3.24 Å². The monoisotopic (exact) mass is 675 g/mol. The van der Waals surface area contributed by atoms with Crippen molar-refractivity contribution in [1.82, 2.24) is 0 Å². The van der Waals surface area contributed by atoms with Crippen LogP contribution in [0, 0.1) is 0 Å². The molecule has 0 aliphatic heterocycles. The maximum absolute atomic E-state index is 2.46. The van der Waals surface area contributed by atoms with Gasteiger partial charge >= 0.3 is 0 Å². The van der Waals surface area contributed by atoms with Crippen molar-refractivity contribution in [1.29, 1.82) is 0 Å². The summed E-state index contributed by atoms with van der Waals surface area (Å²) in [5.74, 6) is 0. The molecule has 3 aliphatic carbocycles. The van der Waals surface area contributed by atoms with E-state index >= 15 is 0 Å². The van der Waals surface area contributed by atoms with E-state index in [9.17, 15) is 0 Å². The van der Waals surface area contributed by atoms with Crippen LogP contribution in [0.5, 0.6) is 0 Å². The van der Waals surface area contributed by atoms with E-state index in [1.807, 2.05) is 0 Å². The van der Waals surface area contributed by atoms with Crippen LogP contribution >= 0.6 is 0 Å². The van der Waals surface area contributed by atoms with Gasteiger partial charge in [-0.25, -0.2) is 0 Å². The summed E-state index contributed by atoms with van der Waals surface area (Å²) in [5, 5.41) is 0. The lowest BCUT2D eigenvalue weighted by atomic mass is 9.70. The van der Waals surface area contributed by atoms with Crippen LogP contribution < -0.4 is 4.90 Å². The van der Waals surface area contributed by atoms with Gasteiger partial charge in [0.2, 0.25) is 0 Å². The van der Waals surface area contributed by atoms with Crippen molar-refractivity contribution in [3.05, 3.63) is 221 Å². The molecule has 0 atom stereocenters. The van der Waals surface area contributed by atoms with Gasteiger partial charge in [0.15, 0.2) is 0 Å². The molecule has 250 valence electrons. The third-order valence-corrected chi connectivity index (χ3v) is 12.3. The van der Waals surface area contributed by atoms with Crippen LogP contribution in [0.4, 0.5) is 17.1 Å². The Balaban J connectivity index is 1.14. The van der Waals surface area contributed by atoms with Crippen molar-refractivity contribution >= 4 is 17.1 Å². The predicted molar refractivity (Wildman–Crippen MR) is 220 cm³/mol. The van der Waals surface area contributed by atoms with Crippen molar-refractivity contribution in [3.63, 3.8) is 0 Å². The molecular formula is C52H37N. The molecule has 0 heterocycles. The van der Waals surface area contributed by atoms with Gasteiger partial charge in [-0.3, -0.25) is 0 Å². The van der Waals surface area contributed by atoms with Gasteiger partial charge in [0.25, 0.3) is 0 Å². The average Bonchev–Trinajstić information content (AvgIpc) is 3.78. The first-order chi connectivity index (χ1) is 26.0. The second-order valence-corrected chi connectivity index (χ2v) is 15.3. The van der Waals surface area contributed by atoms with Gasteiger partial charge in [-0.1, -0.05) is 166 Å². The molecular weight excluding hydrogens is 639 g/mol. The summed E-state index contributed by atoms with van der Waals surface area (Å²) in [7, 11) is 0. The zero-order valence-corrected chi connectivity index (χ0v) is 29.8. The minimum absolute atomic E-state index is 0.104. The highest BCUT2D eigenvalue weighted by Crippen LogP contribution is 2.64. The van der Waals surface area contributed by atoms with E-state index in [4.69, 9.17) is 0 Å². The molecule has 0 spiro atoms. The largest absolute Gasteiger partial charge is 0.310 e. The van der Waals surface area contributed by atoms with E-state index in [0.717, 1.165) is 17.1 Å². The second-order valence-electron chi connectivity index (χ2n) is 15.3. The molecule has 0 radical (unpaired) electrons. The molecule has 1 heteroatoms. The van der Waals surface area contributed by atoms with E-state index in [1.165, 1.54) is 77.9 Å². The molecule has 0 amide bonds. The maximum atomic E-state index is 2.46. The number of nitrogens with zero attached hydrogens (tertiary/aromatic N) is 1. The number of hydrogen-bond donors (Lipinski definition) is 0. The predicted octanol–water partition coefficient (Wildman–Crippen LogP) is 13.5. The average molecular weight is 676 g/mol. The Morgan fingerprint density at radius 3 is 1.51 bits per heavy atom. The Kier molecular flexibility index (Phi) is 6.29. The summed E-state index contributed by atoms with van der Waals surface area (Å²) in [5.41, 5.74) is 21.6. The highest BCUT2D eigenvalue weighted by Gasteiger charge is 2.52. The van der Waals surface area contributed by atoms with Crippen LogP contribution in [0.15, 0.2) is 188 Å². The molecule has 8 aromatic carbocycles. The Bertz CT molecular complexity index is 2690. The Morgan fingerprint density at radius 1 is 0.340 bits per heavy atom. The van der Waals surface area contributed by atoms with Crippen LogP contribution in [0.3, 0.4) is 0 Å². The zero-order valence-electron chi connectivity index (χ0n) is 29.8. The van der Waals surface area contributed by atoms with Gasteiger partial charge in [-0.05, 0) is 114 Å². The normalized spacial score (nSPS) is 14.5. The first-order valence-electron chi connectivity index (χ1n) is 18.7. The fourth-order valence-electron chi connectivity index (χ4n) is 9.96. The summed E-state index contributed by atoms with van der Waals surface area (Å²) >= 11 is 0. The Morgan fingerprint density at radius 2 is 0.830 bits per heavy atom. The van der Waals surface area contributed by atoms with Crippen LogP contribution in [-0.4, -0.2) is 0 Å². The molecule has 0 bridgehead atoms. The second kappa shape index (κ2) is 11.0. The third-order valence-electron chi connectivity index (χ3n) is 12.3. The number of rotatable bonds is 5. The molecule has 3 aliphatic rings. The first kappa shape index (κ1) is 30.2. The molecule has 0 saturated heterocycles. The van der Waals surface area contributed by atoms with Gasteiger partial charge in [-0.2, -0.15) is 0 Å². The van der Waals surface area contributed by atoms with Crippen molar-refractivity contribution in [2.75, 3.05) is 4.90 Å². The van der Waals surface area contributed by atoms with E-state index in [2.05, 4.69) is 207 Å². The van der Waals surface area contributed by atoms with Crippen LogP contribution in [0.25, 0.3) is 44.5 Å². The SMILES string of the molecule is CC1(C)c2ccccc2-c2ccc(N(c3ccc(-c4ccccc4)cc3)c3cccc(C45c6ccccc6-c6cccc(c64)-c4ccccc45)c3)cc21. The van der Waals surface area contributed by atoms with E-state index in [-0.39, 0.29) is 5.41 Å². The molecule has 1 nitrogen and oxygen atoms in total. The number of anilines is 3. The van der Waals surface area contributed by atoms with Gasteiger partial charge < -0.3 is 4.90 Å². The lowest BCUT2D eigenvalue weighted by Gasteiger charge is -2.33. The van der Waals surface area contributed by atoms with Crippen molar-refractivity contribution in [2.24, 2.45) is 0 Å². The maximum Gasteiger partial charge on any atom is 0.0726 e. The molecule has 53 heavy (non-hydrogen) atoms. The van der Waals surface area contributed by atoms with Gasteiger partial charge in [-0.15, -0.1) is 0 Å². The summed E-state index contributed by atoms with van der Waals surface area (Å²) in [6.07, 6.45) is 0. The summed E-state index contributed by atoms with van der Waals surface area (Å²) in [4.78, 5) is 2.46. The molecule has 0 saturated carbocycles. The summed E-state index contributed by atoms with van der Waals surface area (Å²) in [6, 6.07) is 70.1. The standard InChI is InChI=1S/C52H37N/c1-51(2)46-23-9-6-18-40(46)43-31-30-39(33-49(43)51)53(37-28-26-35(27-29-37)34-14-4-3-5-15-34)38-17-12-16-36(32-38)52-47-24-10-7-19-41(47)44-21-13-22-45(50(44)52)42-20-8-11-25-48(42)52/h3-33H,1-2H3. The first-order valence-corrected chi connectivity index (χ1v) is 18.7. The lowest BCUT2D eigenvalue weighted by molar-refractivity contribution is 0.660. The molecule has 0 unspecified atom stereocenters. The fraction of sp³-hybridized carbons (Fsp3) is 0.0769. The van der Waals surface area contributed by atoms with E-state index < -0.39 is 5.41 Å². The molecule has 0 aromatic heterocycles. The molecule has 0 fully saturated rings. The van der Waals surface area contributed by atoms with Gasteiger partial charge in [0.1, 0.15) is 0 Å². The number of hydrogen-bond acceptors (Lipinski definition) is 1. The molecule has 0 N–H and O–H groups in total. The summed E-state index contributed by atoms with van der Waals surface area (Å²) in [6.45, 7) is 4.73. The Hall–Kier alpha value is -6.44. The smallest absolute Gasteiger partial charge is 0.0726 e. The highest BCUT2D eigenvalue weighted by molar-refractivity contribution is 5.99. The highest BCUT2D eigenvalue weighted by atomic mass is 15.1. The van der Waals surface area contributed by atoms with Crippen molar-refractivity contribution < 1.29 is 0 Å². The molecule has 11 rings (SSSR count). The van der Waals surface area contributed by atoms with Crippen molar-refractivity contribution in [3.8, 4) is 44.5 Å². The minimum atomic E-state index is -0.403. The van der Waals surface area contributed by atoms with Crippen LogP contribution in [-0.2, 0) is 10.8 Å². The fourth-order valence-corrected chi connectivity index (χ4v) is 9.96. The third kappa shape index (κ3) is 4.08. The Labute approximate surface area is 311 Å². The van der Waals surface area contributed by atoms with Gasteiger partial charge in [0, 0.05) is 22.5 Å². The minimum Gasteiger partial charge on any atom is -0.310 e. The number of fused-ring (bicyclic) bond motifs is 9. The van der Waals surface area contributed by atoms with Crippen molar-refractivity contribution in [2.45, 2.75) is 24.7 Å². The summed E-state index contributed by atoms with van der Waals surface area (Å²) < 4.78 is 0. The zero-order chi connectivity index (χ0) is 35.3. The number of benzene rings is 8. The molecule has 8 aromatic rings. The van der Waals surface area contributed by atoms with Crippen LogP contribution in [0.2, 0.25) is 0 Å². The van der Waals surface area contributed by atoms with E-state index in [1.54, 1.807) is 0 Å².